The lowest BCUT2D eigenvalue weighted by Gasteiger charge is -2.26. The molecule has 0 saturated carbocycles. The van der Waals surface area contributed by atoms with Crippen LogP contribution < -0.4 is 16.0 Å². The molecule has 0 aromatic heterocycles. The zero-order chi connectivity index (χ0) is 17.2. The van der Waals surface area contributed by atoms with Gasteiger partial charge in [-0.1, -0.05) is 13.8 Å². The van der Waals surface area contributed by atoms with E-state index < -0.39 is 11.7 Å². The number of carbonyl (C=O) groups excluding carboxylic acids is 1. The number of hydrogen-bond donors (Lipinski definition) is 3. The topological polar surface area (TPSA) is 74.8 Å². The van der Waals surface area contributed by atoms with Crippen molar-refractivity contribution in [1.82, 2.24) is 16.0 Å². The molecule has 3 N–H and O–H groups in total. The molecule has 130 valence electrons. The molecule has 0 fully saturated rings. The summed E-state index contributed by atoms with van der Waals surface area (Å²) in [5.74, 6) is 2.04. The Bertz CT molecular complexity index is 354. The van der Waals surface area contributed by atoms with Crippen LogP contribution in [0.4, 0.5) is 4.79 Å². The first-order valence-corrected chi connectivity index (χ1v) is 9.02. The third kappa shape index (κ3) is 10.6. The molecule has 1 amide bonds. The van der Waals surface area contributed by atoms with Crippen molar-refractivity contribution < 1.29 is 9.53 Å². The van der Waals surface area contributed by atoms with Gasteiger partial charge in [0.05, 0.1) is 6.04 Å². The number of nitrogens with one attached hydrogen (secondary N) is 3. The highest BCUT2D eigenvalue weighted by atomic mass is 32.2. The lowest BCUT2D eigenvalue weighted by molar-refractivity contribution is 0.0491. The van der Waals surface area contributed by atoms with E-state index in [-0.39, 0.29) is 12.0 Å². The summed E-state index contributed by atoms with van der Waals surface area (Å²) >= 11 is 1.78. The molecule has 1 unspecified atom stereocenters. The van der Waals surface area contributed by atoms with E-state index in [0.717, 1.165) is 18.3 Å². The first kappa shape index (κ1) is 20.9. The van der Waals surface area contributed by atoms with Crippen LogP contribution in [0.1, 0.15) is 34.6 Å². The van der Waals surface area contributed by atoms with Gasteiger partial charge >= 0.3 is 6.09 Å². The van der Waals surface area contributed by atoms with Gasteiger partial charge in [-0.2, -0.15) is 11.8 Å². The van der Waals surface area contributed by atoms with Gasteiger partial charge in [-0.15, -0.1) is 0 Å². The standard InChI is InChI=1S/C15H32N4O2S/c1-11(2)12(19-14(20)21-15(3,4)5)10-18-13(16-6)17-8-9-22-7/h11-12H,8-10H2,1-7H3,(H,19,20)(H2,16,17,18). The molecule has 0 aliphatic carbocycles. The van der Waals surface area contributed by atoms with Crippen LogP contribution in [0.2, 0.25) is 0 Å². The Hall–Kier alpha value is -1.11. The summed E-state index contributed by atoms with van der Waals surface area (Å²) in [5.41, 5.74) is -0.492. The van der Waals surface area contributed by atoms with Crippen LogP contribution in [0.5, 0.6) is 0 Å². The third-order valence-electron chi connectivity index (χ3n) is 2.82. The highest BCUT2D eigenvalue weighted by molar-refractivity contribution is 7.98. The minimum Gasteiger partial charge on any atom is -0.444 e. The average molecular weight is 333 g/mol. The van der Waals surface area contributed by atoms with Gasteiger partial charge in [0.1, 0.15) is 5.60 Å². The van der Waals surface area contributed by atoms with Crippen molar-refractivity contribution in [3.8, 4) is 0 Å². The molecule has 7 heteroatoms. The summed E-state index contributed by atoms with van der Waals surface area (Å²) in [6, 6.07) is -0.0334. The Labute approximate surface area is 139 Å². The maximum atomic E-state index is 11.9. The summed E-state index contributed by atoms with van der Waals surface area (Å²) in [7, 11) is 1.74. The van der Waals surface area contributed by atoms with Crippen LogP contribution in [-0.2, 0) is 4.74 Å². The van der Waals surface area contributed by atoms with Gasteiger partial charge in [-0.05, 0) is 32.9 Å². The normalized spacial score (nSPS) is 13.7. The minimum atomic E-state index is -0.492. The largest absolute Gasteiger partial charge is 0.444 e. The predicted molar refractivity (Wildman–Crippen MR) is 95.7 cm³/mol. The number of alkyl carbamates (subject to hydrolysis) is 1. The predicted octanol–water partition coefficient (Wildman–Crippen LogP) is 2.06. The van der Waals surface area contributed by atoms with Crippen molar-refractivity contribution in [2.24, 2.45) is 10.9 Å². The van der Waals surface area contributed by atoms with Gasteiger partial charge in [0.15, 0.2) is 5.96 Å². The van der Waals surface area contributed by atoms with Gasteiger partial charge < -0.3 is 20.7 Å². The summed E-state index contributed by atoms with van der Waals surface area (Å²) in [4.78, 5) is 16.1. The molecule has 0 aromatic rings. The maximum absolute atomic E-state index is 11.9. The Morgan fingerprint density at radius 2 is 1.91 bits per heavy atom. The van der Waals surface area contributed by atoms with Gasteiger partial charge in [0.25, 0.3) is 0 Å². The van der Waals surface area contributed by atoms with E-state index in [1.807, 2.05) is 20.8 Å². The number of rotatable bonds is 7. The van der Waals surface area contributed by atoms with E-state index in [0.29, 0.717) is 6.54 Å². The fraction of sp³-hybridized carbons (Fsp3) is 0.867. The molecular weight excluding hydrogens is 300 g/mol. The van der Waals surface area contributed by atoms with Gasteiger partial charge in [-0.25, -0.2) is 4.79 Å². The third-order valence-corrected chi connectivity index (χ3v) is 3.43. The first-order chi connectivity index (χ1) is 10.2. The van der Waals surface area contributed by atoms with E-state index in [1.54, 1.807) is 18.8 Å². The quantitative estimate of drug-likeness (QED) is 0.378. The Balaban J connectivity index is 4.37. The number of guanidine groups is 1. The molecule has 0 aliphatic rings. The van der Waals surface area contributed by atoms with E-state index in [4.69, 9.17) is 4.74 Å². The molecule has 1 atom stereocenters. The van der Waals surface area contributed by atoms with E-state index in [2.05, 4.69) is 41.0 Å². The summed E-state index contributed by atoms with van der Waals surface area (Å²) in [6.07, 6.45) is 1.68. The number of nitrogens with zero attached hydrogens (tertiary/aromatic N) is 1. The van der Waals surface area contributed by atoms with Crippen molar-refractivity contribution in [1.29, 1.82) is 0 Å². The second-order valence-corrected chi connectivity index (χ2v) is 7.36. The minimum absolute atomic E-state index is 0.0334. The second-order valence-electron chi connectivity index (χ2n) is 6.37. The molecule has 0 spiro atoms. The van der Waals surface area contributed by atoms with Gasteiger partial charge in [0.2, 0.25) is 0 Å². The summed E-state index contributed by atoms with van der Waals surface area (Å²) in [6.45, 7) is 11.1. The summed E-state index contributed by atoms with van der Waals surface area (Å²) in [5, 5.41) is 9.38. The highest BCUT2D eigenvalue weighted by Crippen LogP contribution is 2.08. The van der Waals surface area contributed by atoms with Gasteiger partial charge in [-0.3, -0.25) is 4.99 Å². The molecule has 0 bridgehead atoms. The molecule has 0 radical (unpaired) electrons. The molecule has 0 aromatic carbocycles. The van der Waals surface area contributed by atoms with E-state index in [1.165, 1.54) is 0 Å². The molecule has 6 nitrogen and oxygen atoms in total. The molecular formula is C15H32N4O2S. The molecule has 22 heavy (non-hydrogen) atoms. The first-order valence-electron chi connectivity index (χ1n) is 7.62. The average Bonchev–Trinajstić information content (AvgIpc) is 2.38. The highest BCUT2D eigenvalue weighted by Gasteiger charge is 2.21. The molecule has 0 heterocycles. The monoisotopic (exact) mass is 332 g/mol. The fourth-order valence-corrected chi connectivity index (χ4v) is 1.92. The fourth-order valence-electron chi connectivity index (χ4n) is 1.61. The van der Waals surface area contributed by atoms with Crippen LogP contribution in [0.3, 0.4) is 0 Å². The number of thioether (sulfide) groups is 1. The smallest absolute Gasteiger partial charge is 0.407 e. The maximum Gasteiger partial charge on any atom is 0.407 e. The SMILES string of the molecule is CN=C(NCCSC)NCC(NC(=O)OC(C)(C)C)C(C)C. The zero-order valence-corrected chi connectivity index (χ0v) is 15.8. The zero-order valence-electron chi connectivity index (χ0n) is 14.9. The molecule has 0 aliphatic heterocycles. The lowest BCUT2D eigenvalue weighted by Crippen LogP contribution is -2.50. The Morgan fingerprint density at radius 3 is 2.36 bits per heavy atom. The number of carbonyl (C=O) groups is 1. The van der Waals surface area contributed by atoms with Crippen molar-refractivity contribution in [3.63, 3.8) is 0 Å². The second kappa shape index (κ2) is 10.6. The Morgan fingerprint density at radius 1 is 1.27 bits per heavy atom. The van der Waals surface area contributed by atoms with Crippen LogP contribution in [0.25, 0.3) is 0 Å². The van der Waals surface area contributed by atoms with Crippen molar-refractivity contribution in [2.45, 2.75) is 46.3 Å². The lowest BCUT2D eigenvalue weighted by atomic mass is 10.0. The molecule has 0 rings (SSSR count). The number of amides is 1. The van der Waals surface area contributed by atoms with Gasteiger partial charge in [0, 0.05) is 25.9 Å². The Kier molecular flexibility index (Phi) is 10.1. The van der Waals surface area contributed by atoms with Crippen molar-refractivity contribution in [3.05, 3.63) is 0 Å². The van der Waals surface area contributed by atoms with Crippen molar-refractivity contribution in [2.75, 3.05) is 32.1 Å². The van der Waals surface area contributed by atoms with Crippen LogP contribution in [0.15, 0.2) is 4.99 Å². The molecule has 0 saturated heterocycles. The van der Waals surface area contributed by atoms with Crippen molar-refractivity contribution >= 4 is 23.8 Å². The van der Waals surface area contributed by atoms with Crippen LogP contribution in [0, 0.1) is 5.92 Å². The van der Waals surface area contributed by atoms with Crippen LogP contribution >= 0.6 is 11.8 Å². The van der Waals surface area contributed by atoms with E-state index in [9.17, 15) is 4.79 Å². The number of ether oxygens (including phenoxy) is 1. The summed E-state index contributed by atoms with van der Waals surface area (Å²) < 4.78 is 5.30. The van der Waals surface area contributed by atoms with Crippen LogP contribution in [-0.4, -0.2) is 55.8 Å². The van der Waals surface area contributed by atoms with E-state index >= 15 is 0 Å². The number of aliphatic imine (C=N–C) groups is 1. The number of hydrogen-bond acceptors (Lipinski definition) is 4.